The first-order valence-electron chi connectivity index (χ1n) is 24.8. The Hall–Kier alpha value is -7.94. The quantitative estimate of drug-likeness (QED) is 0.151. The Balaban J connectivity index is 1.14. The molecule has 1 aliphatic carbocycles. The zero-order chi connectivity index (χ0) is 47.8. The van der Waals surface area contributed by atoms with Gasteiger partial charge in [0.2, 0.25) is 0 Å². The molecule has 1 atom stereocenters. The van der Waals surface area contributed by atoms with Crippen molar-refractivity contribution in [3.8, 4) is 33.4 Å². The van der Waals surface area contributed by atoms with Crippen LogP contribution in [0.1, 0.15) is 74.9 Å². The molecule has 11 aromatic rings. The molecule has 0 fully saturated rings. The van der Waals surface area contributed by atoms with Gasteiger partial charge in [0.25, 0.3) is 0 Å². The van der Waals surface area contributed by atoms with E-state index in [2.05, 4.69) is 265 Å². The summed E-state index contributed by atoms with van der Waals surface area (Å²) in [7, 11) is 0. The molecule has 0 saturated heterocycles. The standard InChI is InChI=1S/C68H57NO/c1-66(2,3)44-45-26-31-50(32-27-45)68(52-21-15-20-51(41-52)67(4,5)6)62-38-30-49(57-24-14-19-48-18-10-11-22-56(48)57)40-60(62)58-37-35-55(43-63(58)68)69(53-33-28-47(29-34-53)46-16-8-7-9-17-46)54-36-39-65-61(42-54)59-23-12-13-25-64(59)70-65/h7-43H,44H2,1-6H3. The highest BCUT2D eigenvalue weighted by Crippen LogP contribution is 2.58. The summed E-state index contributed by atoms with van der Waals surface area (Å²) in [5, 5.41) is 4.70. The lowest BCUT2D eigenvalue weighted by Gasteiger charge is -2.36. The SMILES string of the molecule is CC(C)(C)Cc1ccc(C2(c3cccc(C(C)(C)C)c3)c3ccc(-c4cccc5ccccc45)cc3-c3ccc(N(c4ccc(-c5ccccc5)cc4)c4ccc5oc6ccccc6c5c4)cc32)cc1. The van der Waals surface area contributed by atoms with Gasteiger partial charge >= 0.3 is 0 Å². The Morgan fingerprint density at radius 1 is 0.400 bits per heavy atom. The van der Waals surface area contributed by atoms with Crippen LogP contribution in [0, 0.1) is 5.41 Å². The van der Waals surface area contributed by atoms with Crippen LogP contribution in [-0.4, -0.2) is 0 Å². The molecule has 0 amide bonds. The third-order valence-corrected chi connectivity index (χ3v) is 14.6. The van der Waals surface area contributed by atoms with Crippen molar-refractivity contribution >= 4 is 49.8 Å². The number of para-hydroxylation sites is 1. The topological polar surface area (TPSA) is 16.4 Å². The van der Waals surface area contributed by atoms with Crippen molar-refractivity contribution in [1.29, 1.82) is 0 Å². The first-order valence-corrected chi connectivity index (χ1v) is 24.8. The second-order valence-electron chi connectivity index (χ2n) is 21.6. The van der Waals surface area contributed by atoms with Crippen molar-refractivity contribution < 1.29 is 4.42 Å². The minimum Gasteiger partial charge on any atom is -0.456 e. The van der Waals surface area contributed by atoms with E-state index in [1.54, 1.807) is 0 Å². The average molecular weight is 904 g/mol. The molecule has 0 aliphatic heterocycles. The number of hydrogen-bond acceptors (Lipinski definition) is 2. The van der Waals surface area contributed by atoms with Crippen LogP contribution in [-0.2, 0) is 17.3 Å². The van der Waals surface area contributed by atoms with Gasteiger partial charge in [-0.3, -0.25) is 0 Å². The number of rotatable bonds is 8. The van der Waals surface area contributed by atoms with Crippen molar-refractivity contribution in [2.24, 2.45) is 5.41 Å². The summed E-state index contributed by atoms with van der Waals surface area (Å²) in [6.45, 7) is 14.0. The summed E-state index contributed by atoms with van der Waals surface area (Å²) in [4.78, 5) is 2.43. The third kappa shape index (κ3) is 7.42. The van der Waals surface area contributed by atoms with Gasteiger partial charge in [0.15, 0.2) is 0 Å². The Bertz CT molecular complexity index is 3740. The van der Waals surface area contributed by atoms with Gasteiger partial charge in [-0.25, -0.2) is 0 Å². The monoisotopic (exact) mass is 903 g/mol. The van der Waals surface area contributed by atoms with Crippen LogP contribution in [0.5, 0.6) is 0 Å². The molecule has 1 heterocycles. The molecule has 2 nitrogen and oxygen atoms in total. The van der Waals surface area contributed by atoms with Gasteiger partial charge in [-0.15, -0.1) is 0 Å². The summed E-state index contributed by atoms with van der Waals surface area (Å²) < 4.78 is 6.40. The van der Waals surface area contributed by atoms with Crippen LogP contribution in [0.3, 0.4) is 0 Å². The second kappa shape index (κ2) is 16.6. The van der Waals surface area contributed by atoms with Crippen LogP contribution in [0.25, 0.3) is 66.1 Å². The fourth-order valence-corrected chi connectivity index (χ4v) is 11.3. The molecule has 1 aliphatic rings. The van der Waals surface area contributed by atoms with Crippen molar-refractivity contribution in [2.75, 3.05) is 4.90 Å². The highest BCUT2D eigenvalue weighted by molar-refractivity contribution is 6.07. The third-order valence-electron chi connectivity index (χ3n) is 14.6. The molecule has 1 unspecified atom stereocenters. The van der Waals surface area contributed by atoms with Crippen molar-refractivity contribution in [3.05, 3.63) is 258 Å². The number of benzene rings is 10. The van der Waals surface area contributed by atoms with Gasteiger partial charge in [-0.05, 0) is 149 Å². The molecule has 0 bridgehead atoms. The van der Waals surface area contributed by atoms with E-state index in [4.69, 9.17) is 4.42 Å². The minimum absolute atomic E-state index is 0.0588. The van der Waals surface area contributed by atoms with Crippen LogP contribution < -0.4 is 4.90 Å². The van der Waals surface area contributed by atoms with Crippen molar-refractivity contribution in [2.45, 2.75) is 58.8 Å². The number of anilines is 3. The summed E-state index contributed by atoms with van der Waals surface area (Å²) in [5.41, 5.74) is 19.5. The molecule has 0 saturated carbocycles. The lowest BCUT2D eigenvalue weighted by atomic mass is 9.66. The van der Waals surface area contributed by atoms with E-state index in [0.717, 1.165) is 45.4 Å². The van der Waals surface area contributed by atoms with E-state index in [1.165, 1.54) is 77.5 Å². The molecule has 10 aromatic carbocycles. The molecule has 70 heavy (non-hydrogen) atoms. The summed E-state index contributed by atoms with van der Waals surface area (Å²) in [6.07, 6.45) is 1.000. The van der Waals surface area contributed by atoms with Gasteiger partial charge in [0.1, 0.15) is 11.2 Å². The van der Waals surface area contributed by atoms with E-state index in [0.29, 0.717) is 0 Å². The van der Waals surface area contributed by atoms with E-state index in [9.17, 15) is 0 Å². The van der Waals surface area contributed by atoms with Gasteiger partial charge in [-0.1, -0.05) is 211 Å². The number of furan rings is 1. The largest absolute Gasteiger partial charge is 0.456 e. The molecule has 2 heteroatoms. The van der Waals surface area contributed by atoms with E-state index in [-0.39, 0.29) is 10.8 Å². The zero-order valence-corrected chi connectivity index (χ0v) is 40.9. The molecule has 0 spiro atoms. The van der Waals surface area contributed by atoms with E-state index >= 15 is 0 Å². The molecular formula is C68H57NO. The van der Waals surface area contributed by atoms with Crippen LogP contribution in [0.15, 0.2) is 229 Å². The first kappa shape index (κ1) is 43.3. The van der Waals surface area contributed by atoms with Gasteiger partial charge in [0, 0.05) is 27.8 Å². The minimum atomic E-state index is -0.646. The van der Waals surface area contributed by atoms with E-state index < -0.39 is 5.41 Å². The van der Waals surface area contributed by atoms with Crippen molar-refractivity contribution in [1.82, 2.24) is 0 Å². The fraction of sp³-hybridized carbons (Fsp3) is 0.147. The first-order chi connectivity index (χ1) is 33.9. The normalized spacial score (nSPS) is 14.5. The van der Waals surface area contributed by atoms with Gasteiger partial charge in [0.05, 0.1) is 5.41 Å². The van der Waals surface area contributed by atoms with Crippen LogP contribution >= 0.6 is 0 Å². The molecular weight excluding hydrogens is 847 g/mol. The zero-order valence-electron chi connectivity index (χ0n) is 40.9. The molecule has 0 N–H and O–H groups in total. The maximum atomic E-state index is 6.40. The smallest absolute Gasteiger partial charge is 0.135 e. The lowest BCUT2D eigenvalue weighted by Crippen LogP contribution is -2.29. The lowest BCUT2D eigenvalue weighted by molar-refractivity contribution is 0.411. The summed E-state index contributed by atoms with van der Waals surface area (Å²) in [5.74, 6) is 0. The Morgan fingerprint density at radius 3 is 1.83 bits per heavy atom. The van der Waals surface area contributed by atoms with Crippen LogP contribution in [0.2, 0.25) is 0 Å². The molecule has 12 rings (SSSR count). The Kier molecular flexibility index (Phi) is 10.3. The van der Waals surface area contributed by atoms with Crippen molar-refractivity contribution in [3.63, 3.8) is 0 Å². The number of hydrogen-bond donors (Lipinski definition) is 0. The predicted octanol–water partition coefficient (Wildman–Crippen LogP) is 18.8. The highest BCUT2D eigenvalue weighted by Gasteiger charge is 2.47. The number of fused-ring (bicyclic) bond motifs is 7. The maximum Gasteiger partial charge on any atom is 0.135 e. The highest BCUT2D eigenvalue weighted by atomic mass is 16.3. The summed E-state index contributed by atoms with van der Waals surface area (Å²) >= 11 is 0. The predicted molar refractivity (Wildman–Crippen MR) is 296 cm³/mol. The second-order valence-corrected chi connectivity index (χ2v) is 21.6. The fourth-order valence-electron chi connectivity index (χ4n) is 11.3. The average Bonchev–Trinajstić information content (AvgIpc) is 3.89. The van der Waals surface area contributed by atoms with Gasteiger partial charge in [-0.2, -0.15) is 0 Å². The Labute approximate surface area is 412 Å². The van der Waals surface area contributed by atoms with E-state index in [1.807, 2.05) is 6.07 Å². The summed E-state index contributed by atoms with van der Waals surface area (Å²) in [6, 6.07) is 83.7. The number of nitrogens with zero attached hydrogens (tertiary/aromatic N) is 1. The Morgan fingerprint density at radius 2 is 1.04 bits per heavy atom. The van der Waals surface area contributed by atoms with Crippen LogP contribution in [0.4, 0.5) is 17.1 Å². The van der Waals surface area contributed by atoms with Gasteiger partial charge < -0.3 is 9.32 Å². The maximum absolute atomic E-state index is 6.40. The molecule has 340 valence electrons. The molecule has 0 radical (unpaired) electrons. The molecule has 1 aromatic heterocycles.